The molecule has 6 heteroatoms. The SMILES string of the molecule is O=C(CCl)NCCC(=O)Nc1cccc(F)c1. The summed E-state index contributed by atoms with van der Waals surface area (Å²) in [5, 5.41) is 4.97. The Bertz CT molecular complexity index is 412. The van der Waals surface area contributed by atoms with E-state index < -0.39 is 5.82 Å². The van der Waals surface area contributed by atoms with Gasteiger partial charge in [-0.25, -0.2) is 4.39 Å². The van der Waals surface area contributed by atoms with Crippen LogP contribution in [0.3, 0.4) is 0 Å². The summed E-state index contributed by atoms with van der Waals surface area (Å²) in [6, 6.07) is 5.59. The summed E-state index contributed by atoms with van der Waals surface area (Å²) in [4.78, 5) is 22.1. The molecule has 92 valence electrons. The molecule has 17 heavy (non-hydrogen) atoms. The van der Waals surface area contributed by atoms with Gasteiger partial charge >= 0.3 is 0 Å². The molecular formula is C11H12ClFN2O2. The molecule has 0 aliphatic carbocycles. The molecule has 2 N–H and O–H groups in total. The van der Waals surface area contributed by atoms with Crippen molar-refractivity contribution in [3.05, 3.63) is 30.1 Å². The molecular weight excluding hydrogens is 247 g/mol. The maximum atomic E-state index is 12.8. The number of carbonyl (C=O) groups is 2. The van der Waals surface area contributed by atoms with Crippen molar-refractivity contribution >= 4 is 29.1 Å². The standard InChI is InChI=1S/C11H12ClFN2O2/c12-7-11(17)14-5-4-10(16)15-9-3-1-2-8(13)6-9/h1-3,6H,4-5,7H2,(H,14,17)(H,15,16). The molecule has 0 heterocycles. The summed E-state index contributed by atoms with van der Waals surface area (Å²) in [6.45, 7) is 0.201. The number of hydrogen-bond donors (Lipinski definition) is 2. The summed E-state index contributed by atoms with van der Waals surface area (Å²) in [7, 11) is 0. The Morgan fingerprint density at radius 3 is 2.71 bits per heavy atom. The van der Waals surface area contributed by atoms with E-state index in [2.05, 4.69) is 10.6 Å². The number of nitrogens with one attached hydrogen (secondary N) is 2. The van der Waals surface area contributed by atoms with Crippen LogP contribution in [0.4, 0.5) is 10.1 Å². The Labute approximate surface area is 103 Å². The van der Waals surface area contributed by atoms with Crippen LogP contribution in [0.2, 0.25) is 0 Å². The molecule has 0 unspecified atom stereocenters. The summed E-state index contributed by atoms with van der Waals surface area (Å²) in [5.41, 5.74) is 0.388. The van der Waals surface area contributed by atoms with Crippen molar-refractivity contribution in [3.63, 3.8) is 0 Å². The average Bonchev–Trinajstić information content (AvgIpc) is 2.28. The van der Waals surface area contributed by atoms with Crippen molar-refractivity contribution < 1.29 is 14.0 Å². The third kappa shape index (κ3) is 5.31. The van der Waals surface area contributed by atoms with Crippen LogP contribution in [0.25, 0.3) is 0 Å². The van der Waals surface area contributed by atoms with E-state index in [1.807, 2.05) is 0 Å². The van der Waals surface area contributed by atoms with Crippen LogP contribution < -0.4 is 10.6 Å². The van der Waals surface area contributed by atoms with Gasteiger partial charge in [-0.05, 0) is 18.2 Å². The predicted octanol–water partition coefficient (Wildman–Crippen LogP) is 1.51. The first-order valence-electron chi connectivity index (χ1n) is 5.00. The molecule has 0 atom stereocenters. The summed E-state index contributed by atoms with van der Waals surface area (Å²) < 4.78 is 12.8. The molecule has 0 aliphatic heterocycles. The Hall–Kier alpha value is -1.62. The fourth-order valence-electron chi connectivity index (χ4n) is 1.15. The second-order valence-corrected chi connectivity index (χ2v) is 3.56. The first-order valence-corrected chi connectivity index (χ1v) is 5.53. The number of halogens is 2. The topological polar surface area (TPSA) is 58.2 Å². The third-order valence-corrected chi connectivity index (χ3v) is 2.15. The highest BCUT2D eigenvalue weighted by atomic mass is 35.5. The van der Waals surface area contributed by atoms with E-state index in [1.165, 1.54) is 18.2 Å². The number of rotatable bonds is 5. The molecule has 0 radical (unpaired) electrons. The van der Waals surface area contributed by atoms with Crippen LogP contribution in [0, 0.1) is 5.82 Å². The second-order valence-electron chi connectivity index (χ2n) is 3.29. The highest BCUT2D eigenvalue weighted by Gasteiger charge is 2.04. The zero-order valence-corrected chi connectivity index (χ0v) is 9.76. The van der Waals surface area contributed by atoms with Gasteiger partial charge in [-0.3, -0.25) is 9.59 Å². The van der Waals surface area contributed by atoms with Gasteiger partial charge in [-0.1, -0.05) is 6.07 Å². The average molecular weight is 259 g/mol. The normalized spacial score (nSPS) is 9.76. The zero-order chi connectivity index (χ0) is 12.7. The zero-order valence-electron chi connectivity index (χ0n) is 9.00. The van der Waals surface area contributed by atoms with Crippen molar-refractivity contribution in [1.29, 1.82) is 0 Å². The Morgan fingerprint density at radius 1 is 1.29 bits per heavy atom. The van der Waals surface area contributed by atoms with E-state index in [0.717, 1.165) is 0 Å². The van der Waals surface area contributed by atoms with Crippen molar-refractivity contribution in [3.8, 4) is 0 Å². The second kappa shape index (κ2) is 6.85. The minimum Gasteiger partial charge on any atom is -0.355 e. The van der Waals surface area contributed by atoms with Crippen LogP contribution in [0.5, 0.6) is 0 Å². The third-order valence-electron chi connectivity index (χ3n) is 1.90. The van der Waals surface area contributed by atoms with Crippen molar-refractivity contribution in [2.45, 2.75) is 6.42 Å². The van der Waals surface area contributed by atoms with Gasteiger partial charge in [0.05, 0.1) is 0 Å². The Balaban J connectivity index is 2.32. The molecule has 0 saturated carbocycles. The number of amides is 2. The van der Waals surface area contributed by atoms with Gasteiger partial charge in [0.1, 0.15) is 11.7 Å². The lowest BCUT2D eigenvalue weighted by atomic mass is 10.3. The minimum absolute atomic E-state index is 0.110. The first-order chi connectivity index (χ1) is 8.11. The molecule has 0 spiro atoms. The molecule has 0 fully saturated rings. The van der Waals surface area contributed by atoms with Gasteiger partial charge in [-0.2, -0.15) is 0 Å². The molecule has 0 saturated heterocycles. The Morgan fingerprint density at radius 2 is 2.06 bits per heavy atom. The van der Waals surface area contributed by atoms with E-state index in [9.17, 15) is 14.0 Å². The lowest BCUT2D eigenvalue weighted by molar-refractivity contribution is -0.119. The van der Waals surface area contributed by atoms with Gasteiger partial charge in [0.2, 0.25) is 11.8 Å². The fraction of sp³-hybridized carbons (Fsp3) is 0.273. The predicted molar refractivity (Wildman–Crippen MR) is 63.4 cm³/mol. The minimum atomic E-state index is -0.418. The van der Waals surface area contributed by atoms with Crippen molar-refractivity contribution in [2.24, 2.45) is 0 Å². The summed E-state index contributed by atoms with van der Waals surface area (Å²) >= 11 is 5.26. The van der Waals surface area contributed by atoms with Crippen molar-refractivity contribution in [2.75, 3.05) is 17.7 Å². The van der Waals surface area contributed by atoms with Crippen molar-refractivity contribution in [1.82, 2.24) is 5.32 Å². The van der Waals surface area contributed by atoms with Gasteiger partial charge in [-0.15, -0.1) is 11.6 Å². The van der Waals surface area contributed by atoms with E-state index in [1.54, 1.807) is 6.07 Å². The summed E-state index contributed by atoms with van der Waals surface area (Å²) in [6.07, 6.45) is 0.110. The van der Waals surface area contributed by atoms with Gasteiger partial charge in [0.15, 0.2) is 0 Å². The molecule has 0 bridgehead atoms. The van der Waals surface area contributed by atoms with Crippen LogP contribution in [0.15, 0.2) is 24.3 Å². The summed E-state index contributed by atoms with van der Waals surface area (Å²) in [5.74, 6) is -1.18. The molecule has 2 amide bonds. The molecule has 1 aromatic rings. The maximum Gasteiger partial charge on any atom is 0.234 e. The lowest BCUT2D eigenvalue weighted by Gasteiger charge is -2.05. The van der Waals surface area contributed by atoms with Gasteiger partial charge in [0, 0.05) is 18.7 Å². The quantitative estimate of drug-likeness (QED) is 0.787. The van der Waals surface area contributed by atoms with E-state index in [-0.39, 0.29) is 30.7 Å². The molecule has 1 aromatic carbocycles. The van der Waals surface area contributed by atoms with E-state index >= 15 is 0 Å². The Kier molecular flexibility index (Phi) is 5.42. The van der Waals surface area contributed by atoms with E-state index in [0.29, 0.717) is 5.69 Å². The molecule has 4 nitrogen and oxygen atoms in total. The smallest absolute Gasteiger partial charge is 0.234 e. The number of carbonyl (C=O) groups excluding carboxylic acids is 2. The highest BCUT2D eigenvalue weighted by molar-refractivity contribution is 6.27. The van der Waals surface area contributed by atoms with E-state index in [4.69, 9.17) is 11.6 Å². The number of hydrogen-bond acceptors (Lipinski definition) is 2. The molecule has 0 aromatic heterocycles. The van der Waals surface area contributed by atoms with Crippen LogP contribution >= 0.6 is 11.6 Å². The highest BCUT2D eigenvalue weighted by Crippen LogP contribution is 2.08. The fourth-order valence-corrected chi connectivity index (χ4v) is 1.25. The maximum absolute atomic E-state index is 12.8. The van der Waals surface area contributed by atoms with Gasteiger partial charge < -0.3 is 10.6 Å². The number of benzene rings is 1. The first kappa shape index (κ1) is 13.4. The van der Waals surface area contributed by atoms with Crippen LogP contribution in [0.1, 0.15) is 6.42 Å². The lowest BCUT2D eigenvalue weighted by Crippen LogP contribution is -2.28. The number of anilines is 1. The largest absolute Gasteiger partial charge is 0.355 e. The van der Waals surface area contributed by atoms with Crippen LogP contribution in [-0.4, -0.2) is 24.2 Å². The monoisotopic (exact) mass is 258 g/mol. The van der Waals surface area contributed by atoms with Gasteiger partial charge in [0.25, 0.3) is 0 Å². The number of alkyl halides is 1. The van der Waals surface area contributed by atoms with Crippen LogP contribution in [-0.2, 0) is 9.59 Å². The molecule has 1 rings (SSSR count). The molecule has 0 aliphatic rings.